The molecule has 2 amide bonds. The molecule has 34 heavy (non-hydrogen) atoms. The van der Waals surface area contributed by atoms with E-state index in [0.717, 1.165) is 61.3 Å². The smallest absolute Gasteiger partial charge is 0.254 e. The lowest BCUT2D eigenvalue weighted by molar-refractivity contribution is -0.124. The van der Waals surface area contributed by atoms with E-state index >= 15 is 0 Å². The summed E-state index contributed by atoms with van der Waals surface area (Å²) >= 11 is 0. The summed E-state index contributed by atoms with van der Waals surface area (Å²) in [5.41, 5.74) is 3.49. The van der Waals surface area contributed by atoms with E-state index in [0.29, 0.717) is 12.1 Å². The first-order chi connectivity index (χ1) is 16.6. The van der Waals surface area contributed by atoms with Crippen LogP contribution in [0.2, 0.25) is 0 Å². The van der Waals surface area contributed by atoms with Gasteiger partial charge >= 0.3 is 0 Å². The van der Waals surface area contributed by atoms with Crippen LogP contribution in [-0.4, -0.2) is 72.6 Å². The van der Waals surface area contributed by atoms with Crippen LogP contribution >= 0.6 is 0 Å². The van der Waals surface area contributed by atoms with Gasteiger partial charge in [-0.3, -0.25) is 14.5 Å². The third-order valence-electron chi connectivity index (χ3n) is 7.16. The van der Waals surface area contributed by atoms with Gasteiger partial charge in [0.05, 0.1) is 25.2 Å². The van der Waals surface area contributed by atoms with Crippen molar-refractivity contribution in [2.24, 2.45) is 7.05 Å². The molecule has 1 fully saturated rings. The Morgan fingerprint density at radius 3 is 2.59 bits per heavy atom. The van der Waals surface area contributed by atoms with Crippen LogP contribution in [0.25, 0.3) is 10.9 Å². The number of amides is 2. The molecule has 2 unspecified atom stereocenters. The van der Waals surface area contributed by atoms with Gasteiger partial charge in [-0.25, -0.2) is 0 Å². The Morgan fingerprint density at radius 1 is 1.03 bits per heavy atom. The van der Waals surface area contributed by atoms with Crippen LogP contribution in [0.15, 0.2) is 54.7 Å². The van der Waals surface area contributed by atoms with Gasteiger partial charge in [-0.2, -0.15) is 0 Å². The summed E-state index contributed by atoms with van der Waals surface area (Å²) < 4.78 is 7.49. The van der Waals surface area contributed by atoms with Gasteiger partial charge < -0.3 is 19.5 Å². The standard InChI is InChI=1S/C27H32N4O3/c1-29-18-22(19-8-5-6-11-23(19)29)25-24(20-9-3-4-10-21(20)27(33)30(25)2)26(32)28-12-7-13-31-14-16-34-17-15-31/h3-6,8-11,18,24-25H,7,12-17H2,1-2H3,(H,28,32). The number of para-hydroxylation sites is 1. The number of carbonyl (C=O) groups is 2. The lowest BCUT2D eigenvalue weighted by Gasteiger charge is -2.39. The van der Waals surface area contributed by atoms with Crippen molar-refractivity contribution in [2.45, 2.75) is 18.4 Å². The van der Waals surface area contributed by atoms with Gasteiger partial charge in [0.25, 0.3) is 5.91 Å². The van der Waals surface area contributed by atoms with E-state index in [1.807, 2.05) is 50.5 Å². The lowest BCUT2D eigenvalue weighted by Crippen LogP contribution is -2.46. The second-order valence-electron chi connectivity index (χ2n) is 9.24. The van der Waals surface area contributed by atoms with E-state index in [1.54, 1.807) is 4.90 Å². The predicted octanol–water partition coefficient (Wildman–Crippen LogP) is 2.93. The van der Waals surface area contributed by atoms with Crippen LogP contribution in [0.1, 0.15) is 39.9 Å². The zero-order valence-electron chi connectivity index (χ0n) is 19.9. The molecular formula is C27H32N4O3. The van der Waals surface area contributed by atoms with Crippen molar-refractivity contribution in [1.29, 1.82) is 0 Å². The Morgan fingerprint density at radius 2 is 1.76 bits per heavy atom. The molecule has 7 nitrogen and oxygen atoms in total. The fourth-order valence-corrected chi connectivity index (χ4v) is 5.40. The fraction of sp³-hybridized carbons (Fsp3) is 0.407. The van der Waals surface area contributed by atoms with Gasteiger partial charge in [-0.15, -0.1) is 0 Å². The minimum atomic E-state index is -0.479. The Kier molecular flexibility index (Phi) is 6.39. The minimum absolute atomic E-state index is 0.0355. The van der Waals surface area contributed by atoms with Crippen LogP contribution in [-0.2, 0) is 16.6 Å². The molecule has 1 N–H and O–H groups in total. The zero-order valence-corrected chi connectivity index (χ0v) is 19.9. The maximum atomic E-state index is 13.7. The highest BCUT2D eigenvalue weighted by Gasteiger charge is 2.43. The Hall–Kier alpha value is -3.16. The molecule has 0 saturated carbocycles. The molecule has 3 aromatic rings. The molecule has 2 aromatic carbocycles. The third-order valence-corrected chi connectivity index (χ3v) is 7.16. The maximum absolute atomic E-state index is 13.7. The molecule has 5 rings (SSSR count). The van der Waals surface area contributed by atoms with Crippen LogP contribution < -0.4 is 5.32 Å². The van der Waals surface area contributed by atoms with E-state index in [1.165, 1.54) is 0 Å². The number of ether oxygens (including phenoxy) is 1. The van der Waals surface area contributed by atoms with Crippen LogP contribution in [0.5, 0.6) is 0 Å². The normalized spacial score (nSPS) is 21.0. The summed E-state index contributed by atoms with van der Waals surface area (Å²) in [5.74, 6) is -0.565. The first kappa shape index (κ1) is 22.6. The van der Waals surface area contributed by atoms with Gasteiger partial charge in [0.15, 0.2) is 0 Å². The molecule has 0 bridgehead atoms. The van der Waals surface area contributed by atoms with Gasteiger partial charge in [-0.1, -0.05) is 36.4 Å². The van der Waals surface area contributed by atoms with Crippen LogP contribution in [0.4, 0.5) is 0 Å². The molecule has 0 aliphatic carbocycles. The second-order valence-corrected chi connectivity index (χ2v) is 9.24. The van der Waals surface area contributed by atoms with E-state index in [2.05, 4.69) is 33.1 Å². The van der Waals surface area contributed by atoms with Crippen molar-refractivity contribution in [3.05, 3.63) is 71.4 Å². The number of likely N-dealkylation sites (N-methyl/N-ethyl adjacent to an activating group) is 1. The first-order valence-corrected chi connectivity index (χ1v) is 12.0. The van der Waals surface area contributed by atoms with Gasteiger partial charge in [0.1, 0.15) is 0 Å². The first-order valence-electron chi connectivity index (χ1n) is 12.0. The zero-order chi connectivity index (χ0) is 23.7. The molecule has 1 saturated heterocycles. The monoisotopic (exact) mass is 460 g/mol. The highest BCUT2D eigenvalue weighted by Crippen LogP contribution is 2.44. The molecule has 0 radical (unpaired) electrons. The summed E-state index contributed by atoms with van der Waals surface area (Å²) in [6.07, 6.45) is 2.94. The summed E-state index contributed by atoms with van der Waals surface area (Å²) in [6, 6.07) is 15.3. The maximum Gasteiger partial charge on any atom is 0.254 e. The number of hydrogen-bond donors (Lipinski definition) is 1. The van der Waals surface area contributed by atoms with E-state index < -0.39 is 5.92 Å². The lowest BCUT2D eigenvalue weighted by atomic mass is 9.79. The molecule has 1 aromatic heterocycles. The number of aromatic nitrogens is 1. The highest BCUT2D eigenvalue weighted by atomic mass is 16.5. The molecule has 7 heteroatoms. The minimum Gasteiger partial charge on any atom is -0.379 e. The number of benzene rings is 2. The molecule has 2 aliphatic rings. The Labute approximate surface area is 200 Å². The second kappa shape index (κ2) is 9.60. The fourth-order valence-electron chi connectivity index (χ4n) is 5.40. The van der Waals surface area contributed by atoms with Gasteiger partial charge in [0.2, 0.25) is 5.91 Å². The molecule has 178 valence electrons. The summed E-state index contributed by atoms with van der Waals surface area (Å²) in [4.78, 5) is 31.1. The number of nitrogens with one attached hydrogen (secondary N) is 1. The summed E-state index contributed by atoms with van der Waals surface area (Å²) in [7, 11) is 3.81. The van der Waals surface area contributed by atoms with Crippen molar-refractivity contribution >= 4 is 22.7 Å². The predicted molar refractivity (Wildman–Crippen MR) is 132 cm³/mol. The van der Waals surface area contributed by atoms with E-state index in [4.69, 9.17) is 4.74 Å². The molecule has 2 atom stereocenters. The Balaban J connectivity index is 1.44. The SMILES string of the molecule is CN1C(=O)c2ccccc2C(C(=O)NCCCN2CCOCC2)C1c1cn(C)c2ccccc12. The van der Waals surface area contributed by atoms with Crippen molar-refractivity contribution in [3.63, 3.8) is 0 Å². The molecule has 2 aliphatic heterocycles. The van der Waals surface area contributed by atoms with Crippen molar-refractivity contribution < 1.29 is 14.3 Å². The highest BCUT2D eigenvalue weighted by molar-refractivity contribution is 6.02. The number of rotatable bonds is 6. The third kappa shape index (κ3) is 4.10. The Bertz CT molecular complexity index is 1200. The number of aryl methyl sites for hydroxylation is 1. The number of fused-ring (bicyclic) bond motifs is 2. The largest absolute Gasteiger partial charge is 0.379 e. The number of carbonyl (C=O) groups excluding carboxylic acids is 2. The average Bonchev–Trinajstić information content (AvgIpc) is 3.20. The topological polar surface area (TPSA) is 66.8 Å². The number of morpholine rings is 1. The average molecular weight is 461 g/mol. The van der Waals surface area contributed by atoms with Gasteiger partial charge in [0, 0.05) is 62.0 Å². The summed E-state index contributed by atoms with van der Waals surface area (Å²) in [6.45, 7) is 4.99. The molecule has 3 heterocycles. The summed E-state index contributed by atoms with van der Waals surface area (Å²) in [5, 5.41) is 4.25. The van der Waals surface area contributed by atoms with Gasteiger partial charge in [-0.05, 0) is 30.7 Å². The van der Waals surface area contributed by atoms with Crippen molar-refractivity contribution in [1.82, 2.24) is 19.7 Å². The molecular weight excluding hydrogens is 428 g/mol. The quantitative estimate of drug-likeness (QED) is 0.575. The van der Waals surface area contributed by atoms with Crippen molar-refractivity contribution in [2.75, 3.05) is 46.4 Å². The van der Waals surface area contributed by atoms with Crippen LogP contribution in [0.3, 0.4) is 0 Å². The van der Waals surface area contributed by atoms with Crippen molar-refractivity contribution in [3.8, 4) is 0 Å². The number of nitrogens with zero attached hydrogens (tertiary/aromatic N) is 3. The number of hydrogen-bond acceptors (Lipinski definition) is 4. The van der Waals surface area contributed by atoms with E-state index in [9.17, 15) is 9.59 Å². The van der Waals surface area contributed by atoms with Crippen LogP contribution in [0, 0.1) is 0 Å². The van der Waals surface area contributed by atoms with E-state index in [-0.39, 0.29) is 17.9 Å². The molecule has 0 spiro atoms.